The van der Waals surface area contributed by atoms with Crippen LogP contribution in [0, 0.1) is 0 Å². The molecule has 0 spiro atoms. The van der Waals surface area contributed by atoms with Gasteiger partial charge in [-0.05, 0) is 25.2 Å². The molecule has 0 radical (unpaired) electrons. The van der Waals surface area contributed by atoms with Gasteiger partial charge in [0.15, 0.2) is 0 Å². The highest BCUT2D eigenvalue weighted by molar-refractivity contribution is 9.10. The second kappa shape index (κ2) is 4.34. The average molecular weight is 318 g/mol. The Labute approximate surface area is 98.8 Å². The van der Waals surface area contributed by atoms with E-state index in [4.69, 9.17) is 0 Å². The van der Waals surface area contributed by atoms with Gasteiger partial charge < -0.3 is 0 Å². The first-order valence-electron chi connectivity index (χ1n) is 3.99. The molecule has 90 valence electrons. The first-order valence-corrected chi connectivity index (χ1v) is 6.26. The van der Waals surface area contributed by atoms with Crippen molar-refractivity contribution >= 4 is 26.0 Å². The van der Waals surface area contributed by atoms with Crippen molar-refractivity contribution in [1.82, 2.24) is 4.72 Å². The molecule has 0 aromatic heterocycles. The molecule has 0 atom stereocenters. The van der Waals surface area contributed by atoms with Crippen LogP contribution >= 0.6 is 15.9 Å². The molecular formula is C8H7BrF3NO2S. The van der Waals surface area contributed by atoms with Crippen LogP contribution in [0.2, 0.25) is 0 Å². The van der Waals surface area contributed by atoms with Crippen molar-refractivity contribution < 1.29 is 21.6 Å². The summed E-state index contributed by atoms with van der Waals surface area (Å²) in [7, 11) is -2.74. The van der Waals surface area contributed by atoms with Gasteiger partial charge in [-0.2, -0.15) is 13.2 Å². The lowest BCUT2D eigenvalue weighted by molar-refractivity contribution is -0.138. The molecule has 1 N–H and O–H groups in total. The minimum Gasteiger partial charge on any atom is -0.214 e. The predicted molar refractivity (Wildman–Crippen MR) is 55.4 cm³/mol. The van der Waals surface area contributed by atoms with E-state index >= 15 is 0 Å². The second-order valence-corrected chi connectivity index (χ2v) is 5.59. The van der Waals surface area contributed by atoms with Crippen LogP contribution in [0.1, 0.15) is 5.56 Å². The van der Waals surface area contributed by atoms with Crippen LogP contribution in [0.3, 0.4) is 0 Å². The van der Waals surface area contributed by atoms with Gasteiger partial charge in [-0.3, -0.25) is 0 Å². The third kappa shape index (κ3) is 2.74. The molecular weight excluding hydrogens is 311 g/mol. The average Bonchev–Trinajstić information content (AvgIpc) is 2.16. The third-order valence-electron chi connectivity index (χ3n) is 1.82. The summed E-state index contributed by atoms with van der Waals surface area (Å²) in [6.07, 6.45) is -4.60. The fourth-order valence-electron chi connectivity index (χ4n) is 1.01. The Morgan fingerprint density at radius 3 is 2.31 bits per heavy atom. The third-order valence-corrected chi connectivity index (χ3v) is 3.93. The van der Waals surface area contributed by atoms with E-state index in [0.29, 0.717) is 6.07 Å². The molecule has 0 saturated heterocycles. The van der Waals surface area contributed by atoms with E-state index in [9.17, 15) is 21.6 Å². The first kappa shape index (κ1) is 13.5. The zero-order valence-corrected chi connectivity index (χ0v) is 10.4. The highest BCUT2D eigenvalue weighted by Crippen LogP contribution is 2.35. The maximum absolute atomic E-state index is 12.5. The van der Waals surface area contributed by atoms with Crippen molar-refractivity contribution in [2.45, 2.75) is 11.1 Å². The van der Waals surface area contributed by atoms with Gasteiger partial charge in [-0.25, -0.2) is 13.1 Å². The van der Waals surface area contributed by atoms with Crippen molar-refractivity contribution in [2.75, 3.05) is 7.05 Å². The molecule has 0 amide bonds. The van der Waals surface area contributed by atoms with Gasteiger partial charge in [0.2, 0.25) is 10.0 Å². The summed E-state index contributed by atoms with van der Waals surface area (Å²) in [5.41, 5.74) is -1.02. The van der Waals surface area contributed by atoms with Gasteiger partial charge in [0, 0.05) is 4.47 Å². The number of sulfonamides is 1. The van der Waals surface area contributed by atoms with E-state index in [2.05, 4.69) is 15.9 Å². The lowest BCUT2D eigenvalue weighted by atomic mass is 10.2. The minimum atomic E-state index is -4.60. The fourth-order valence-corrected chi connectivity index (χ4v) is 2.23. The molecule has 1 aromatic carbocycles. The number of alkyl halides is 3. The van der Waals surface area contributed by atoms with Gasteiger partial charge in [-0.1, -0.05) is 15.9 Å². The van der Waals surface area contributed by atoms with Crippen molar-refractivity contribution in [3.05, 3.63) is 28.2 Å². The second-order valence-electron chi connectivity index (χ2n) is 2.85. The van der Waals surface area contributed by atoms with E-state index in [1.165, 1.54) is 0 Å². The molecule has 8 heteroatoms. The van der Waals surface area contributed by atoms with Crippen LogP contribution in [0.5, 0.6) is 0 Å². The zero-order valence-electron chi connectivity index (χ0n) is 7.97. The monoisotopic (exact) mass is 317 g/mol. The van der Waals surface area contributed by atoms with E-state index in [1.807, 2.05) is 4.72 Å². The van der Waals surface area contributed by atoms with Gasteiger partial charge in [0.05, 0.1) is 10.5 Å². The summed E-state index contributed by atoms with van der Waals surface area (Å²) >= 11 is 2.72. The number of halogens is 4. The van der Waals surface area contributed by atoms with Gasteiger partial charge >= 0.3 is 6.18 Å². The van der Waals surface area contributed by atoms with E-state index in [0.717, 1.165) is 19.2 Å². The molecule has 1 aromatic rings. The highest BCUT2D eigenvalue weighted by Gasteiger charge is 2.34. The normalized spacial score (nSPS) is 12.8. The molecule has 0 aliphatic heterocycles. The van der Waals surface area contributed by atoms with Gasteiger partial charge in [0.1, 0.15) is 0 Å². The van der Waals surface area contributed by atoms with Crippen LogP contribution in [-0.4, -0.2) is 15.5 Å². The number of hydrogen-bond donors (Lipinski definition) is 1. The Morgan fingerprint density at radius 2 is 1.88 bits per heavy atom. The fraction of sp³-hybridized carbons (Fsp3) is 0.250. The zero-order chi connectivity index (χ0) is 12.6. The van der Waals surface area contributed by atoms with Crippen molar-refractivity contribution in [3.8, 4) is 0 Å². The Bertz CT molecular complexity index is 498. The Hall–Kier alpha value is -0.600. The molecule has 1 rings (SSSR count). The SMILES string of the molecule is CNS(=O)(=O)c1ccc(Br)c(C(F)(F)F)c1. The number of nitrogens with one attached hydrogen (secondary N) is 1. The Balaban J connectivity index is 3.40. The number of hydrogen-bond acceptors (Lipinski definition) is 2. The Morgan fingerprint density at radius 1 is 1.31 bits per heavy atom. The van der Waals surface area contributed by atoms with Gasteiger partial charge in [0.25, 0.3) is 0 Å². The van der Waals surface area contributed by atoms with Gasteiger partial charge in [-0.15, -0.1) is 0 Å². The standard InChI is InChI=1S/C8H7BrF3NO2S/c1-13-16(14,15)5-2-3-7(9)6(4-5)8(10,11)12/h2-4,13H,1H3. The molecule has 0 saturated carbocycles. The minimum absolute atomic E-state index is 0.199. The van der Waals surface area contributed by atoms with Crippen LogP contribution in [0.25, 0.3) is 0 Å². The van der Waals surface area contributed by atoms with Crippen molar-refractivity contribution in [3.63, 3.8) is 0 Å². The van der Waals surface area contributed by atoms with Crippen molar-refractivity contribution in [1.29, 1.82) is 0 Å². The summed E-state index contributed by atoms with van der Waals surface area (Å²) in [6, 6.07) is 2.72. The molecule has 0 aliphatic rings. The topological polar surface area (TPSA) is 46.2 Å². The summed E-state index contributed by atoms with van der Waals surface area (Å²) in [6.45, 7) is 0. The van der Waals surface area contributed by atoms with Crippen LogP contribution < -0.4 is 4.72 Å². The summed E-state index contributed by atoms with van der Waals surface area (Å²) < 4.78 is 61.8. The maximum Gasteiger partial charge on any atom is 0.417 e. The molecule has 0 heterocycles. The maximum atomic E-state index is 12.5. The number of benzene rings is 1. The molecule has 0 aliphatic carbocycles. The lowest BCUT2D eigenvalue weighted by Crippen LogP contribution is -2.19. The largest absolute Gasteiger partial charge is 0.417 e. The number of rotatable bonds is 2. The summed E-state index contributed by atoms with van der Waals surface area (Å²) in [5, 5.41) is 0. The Kier molecular flexibility index (Phi) is 3.65. The van der Waals surface area contributed by atoms with E-state index in [-0.39, 0.29) is 4.47 Å². The predicted octanol–water partition coefficient (Wildman–Crippen LogP) is 2.38. The smallest absolute Gasteiger partial charge is 0.214 e. The molecule has 3 nitrogen and oxygen atoms in total. The van der Waals surface area contributed by atoms with E-state index in [1.54, 1.807) is 0 Å². The molecule has 0 bridgehead atoms. The molecule has 16 heavy (non-hydrogen) atoms. The quantitative estimate of drug-likeness (QED) is 0.910. The highest BCUT2D eigenvalue weighted by atomic mass is 79.9. The van der Waals surface area contributed by atoms with Crippen LogP contribution in [0.4, 0.5) is 13.2 Å². The lowest BCUT2D eigenvalue weighted by Gasteiger charge is -2.10. The van der Waals surface area contributed by atoms with Crippen LogP contribution in [0.15, 0.2) is 27.6 Å². The molecule has 0 unspecified atom stereocenters. The first-order chi connectivity index (χ1) is 7.18. The molecule has 0 fully saturated rings. The van der Waals surface area contributed by atoms with E-state index < -0.39 is 26.7 Å². The van der Waals surface area contributed by atoms with Crippen molar-refractivity contribution in [2.24, 2.45) is 0 Å². The van der Waals surface area contributed by atoms with Crippen LogP contribution in [-0.2, 0) is 16.2 Å². The summed E-state index contributed by atoms with van der Waals surface area (Å²) in [5.74, 6) is 0. The summed E-state index contributed by atoms with van der Waals surface area (Å²) in [4.78, 5) is -0.425.